The number of morpholine rings is 1. The van der Waals surface area contributed by atoms with E-state index in [0.29, 0.717) is 32.8 Å². The Hall–Kier alpha value is -2.18. The van der Waals surface area contributed by atoms with Crippen molar-refractivity contribution in [1.82, 2.24) is 14.5 Å². The van der Waals surface area contributed by atoms with Crippen LogP contribution in [-0.4, -0.2) is 46.7 Å². The zero-order chi connectivity index (χ0) is 15.6. The maximum atomic E-state index is 12.7. The molecular weight excluding hydrogens is 310 g/mol. The van der Waals surface area contributed by atoms with E-state index in [4.69, 9.17) is 4.74 Å². The molecule has 23 heavy (non-hydrogen) atoms. The number of hydrogen-bond acceptors (Lipinski definition) is 4. The van der Waals surface area contributed by atoms with Gasteiger partial charge in [0.2, 0.25) is 5.91 Å². The minimum absolute atomic E-state index is 0.120. The summed E-state index contributed by atoms with van der Waals surface area (Å²) in [6.07, 6.45) is 1.77. The van der Waals surface area contributed by atoms with Crippen LogP contribution in [0.15, 0.2) is 41.9 Å². The minimum atomic E-state index is 0.120. The summed E-state index contributed by atoms with van der Waals surface area (Å²) in [6, 6.07) is 10.2. The molecule has 3 aromatic heterocycles. The minimum Gasteiger partial charge on any atom is -0.378 e. The van der Waals surface area contributed by atoms with E-state index in [1.807, 2.05) is 27.7 Å². The highest BCUT2D eigenvalue weighted by molar-refractivity contribution is 7.13. The van der Waals surface area contributed by atoms with Crippen molar-refractivity contribution in [2.75, 3.05) is 26.3 Å². The SMILES string of the molecule is O=C(Cn1c(-c2cccs2)cc2cccnc21)N1CCOCC1. The van der Waals surface area contributed by atoms with Crippen molar-refractivity contribution in [1.29, 1.82) is 0 Å². The summed E-state index contributed by atoms with van der Waals surface area (Å²) in [5, 5.41) is 3.11. The van der Waals surface area contributed by atoms with Gasteiger partial charge in [-0.2, -0.15) is 0 Å². The fraction of sp³-hybridized carbons (Fsp3) is 0.294. The van der Waals surface area contributed by atoms with Crippen molar-refractivity contribution in [3.8, 4) is 10.6 Å². The first-order valence-corrected chi connectivity index (χ1v) is 8.54. The average Bonchev–Trinajstić information content (AvgIpc) is 3.24. The molecule has 0 aromatic carbocycles. The fourth-order valence-electron chi connectivity index (χ4n) is 2.92. The molecule has 0 aliphatic carbocycles. The predicted molar refractivity (Wildman–Crippen MR) is 90.4 cm³/mol. The largest absolute Gasteiger partial charge is 0.378 e. The van der Waals surface area contributed by atoms with Gasteiger partial charge in [-0.25, -0.2) is 4.98 Å². The van der Waals surface area contributed by atoms with Gasteiger partial charge in [0, 0.05) is 24.7 Å². The van der Waals surface area contributed by atoms with Crippen molar-refractivity contribution in [3.63, 3.8) is 0 Å². The van der Waals surface area contributed by atoms with Gasteiger partial charge in [-0.3, -0.25) is 4.79 Å². The summed E-state index contributed by atoms with van der Waals surface area (Å²) in [7, 11) is 0. The number of carbonyl (C=O) groups excluding carboxylic acids is 1. The smallest absolute Gasteiger partial charge is 0.242 e. The van der Waals surface area contributed by atoms with E-state index in [1.165, 1.54) is 0 Å². The third-order valence-electron chi connectivity index (χ3n) is 4.09. The lowest BCUT2D eigenvalue weighted by atomic mass is 10.3. The Labute approximate surface area is 138 Å². The van der Waals surface area contributed by atoms with E-state index >= 15 is 0 Å². The molecule has 118 valence electrons. The molecule has 4 heterocycles. The molecule has 0 bridgehead atoms. The summed E-state index contributed by atoms with van der Waals surface area (Å²) >= 11 is 1.67. The molecule has 0 N–H and O–H groups in total. The van der Waals surface area contributed by atoms with Gasteiger partial charge in [0.15, 0.2) is 0 Å². The second kappa shape index (κ2) is 6.14. The third-order valence-corrected chi connectivity index (χ3v) is 4.98. The molecule has 0 radical (unpaired) electrons. The third kappa shape index (κ3) is 2.75. The molecule has 5 nitrogen and oxygen atoms in total. The Morgan fingerprint density at radius 1 is 1.26 bits per heavy atom. The van der Waals surface area contributed by atoms with Crippen LogP contribution in [0.1, 0.15) is 0 Å². The van der Waals surface area contributed by atoms with Gasteiger partial charge in [0.05, 0.1) is 23.8 Å². The van der Waals surface area contributed by atoms with Gasteiger partial charge >= 0.3 is 0 Å². The number of carbonyl (C=O) groups is 1. The Kier molecular flexibility index (Phi) is 3.85. The average molecular weight is 327 g/mol. The van der Waals surface area contributed by atoms with Gasteiger partial charge in [0.1, 0.15) is 12.2 Å². The molecule has 1 saturated heterocycles. The lowest BCUT2D eigenvalue weighted by Crippen LogP contribution is -2.42. The first-order valence-electron chi connectivity index (χ1n) is 7.66. The highest BCUT2D eigenvalue weighted by Crippen LogP contribution is 2.30. The van der Waals surface area contributed by atoms with Crippen LogP contribution in [0.2, 0.25) is 0 Å². The molecule has 3 aromatic rings. The maximum absolute atomic E-state index is 12.7. The van der Waals surface area contributed by atoms with E-state index in [1.54, 1.807) is 17.5 Å². The molecule has 6 heteroatoms. The van der Waals surface area contributed by atoms with Crippen LogP contribution >= 0.6 is 11.3 Å². The number of aromatic nitrogens is 2. The molecule has 1 aliphatic heterocycles. The Morgan fingerprint density at radius 2 is 2.13 bits per heavy atom. The fourth-order valence-corrected chi connectivity index (χ4v) is 3.67. The lowest BCUT2D eigenvalue weighted by Gasteiger charge is -2.27. The summed E-state index contributed by atoms with van der Waals surface area (Å²) in [6.45, 7) is 2.88. The molecular formula is C17H17N3O2S. The van der Waals surface area contributed by atoms with Crippen molar-refractivity contribution < 1.29 is 9.53 Å². The van der Waals surface area contributed by atoms with E-state index in [0.717, 1.165) is 21.6 Å². The van der Waals surface area contributed by atoms with Crippen LogP contribution in [0.25, 0.3) is 21.6 Å². The first kappa shape index (κ1) is 14.4. The number of thiophene rings is 1. The number of rotatable bonds is 3. The van der Waals surface area contributed by atoms with E-state index in [-0.39, 0.29) is 5.91 Å². The predicted octanol–water partition coefficient (Wildman–Crippen LogP) is 2.62. The molecule has 0 saturated carbocycles. The van der Waals surface area contributed by atoms with Crippen molar-refractivity contribution in [2.24, 2.45) is 0 Å². The molecule has 0 unspecified atom stereocenters. The highest BCUT2D eigenvalue weighted by atomic mass is 32.1. The number of nitrogens with zero attached hydrogens (tertiary/aromatic N) is 3. The van der Waals surface area contributed by atoms with Gasteiger partial charge in [0.25, 0.3) is 0 Å². The van der Waals surface area contributed by atoms with Crippen LogP contribution in [0.4, 0.5) is 0 Å². The van der Waals surface area contributed by atoms with Gasteiger partial charge in [-0.15, -0.1) is 11.3 Å². The molecule has 4 rings (SSSR count). The number of fused-ring (bicyclic) bond motifs is 1. The van der Waals surface area contributed by atoms with E-state index in [9.17, 15) is 4.79 Å². The number of hydrogen-bond donors (Lipinski definition) is 0. The van der Waals surface area contributed by atoms with E-state index in [2.05, 4.69) is 22.5 Å². The standard InChI is InChI=1S/C17H17N3O2S/c21-16(19-6-8-22-9-7-19)12-20-14(15-4-2-10-23-15)11-13-3-1-5-18-17(13)20/h1-5,10-11H,6-9,12H2. The van der Waals surface area contributed by atoms with Crippen molar-refractivity contribution in [2.45, 2.75) is 6.54 Å². The monoisotopic (exact) mass is 327 g/mol. The lowest BCUT2D eigenvalue weighted by molar-refractivity contribution is -0.135. The zero-order valence-electron chi connectivity index (χ0n) is 12.6. The summed E-state index contributed by atoms with van der Waals surface area (Å²) in [5.74, 6) is 0.120. The Balaban J connectivity index is 1.72. The van der Waals surface area contributed by atoms with Crippen LogP contribution in [0.3, 0.4) is 0 Å². The topological polar surface area (TPSA) is 47.4 Å². The van der Waals surface area contributed by atoms with Crippen LogP contribution in [-0.2, 0) is 16.1 Å². The normalized spacial score (nSPS) is 15.2. The van der Waals surface area contributed by atoms with Crippen molar-refractivity contribution in [3.05, 3.63) is 41.9 Å². The van der Waals surface area contributed by atoms with Crippen LogP contribution in [0.5, 0.6) is 0 Å². The zero-order valence-corrected chi connectivity index (χ0v) is 13.5. The molecule has 1 aliphatic rings. The number of amides is 1. The second-order valence-electron chi connectivity index (χ2n) is 5.50. The molecule has 1 amide bonds. The Morgan fingerprint density at radius 3 is 2.91 bits per heavy atom. The maximum Gasteiger partial charge on any atom is 0.242 e. The summed E-state index contributed by atoms with van der Waals surface area (Å²) in [4.78, 5) is 20.2. The quantitative estimate of drug-likeness (QED) is 0.743. The van der Waals surface area contributed by atoms with E-state index < -0.39 is 0 Å². The van der Waals surface area contributed by atoms with Gasteiger partial charge in [-0.1, -0.05) is 6.07 Å². The molecule has 1 fully saturated rings. The van der Waals surface area contributed by atoms with Crippen LogP contribution < -0.4 is 0 Å². The van der Waals surface area contributed by atoms with Gasteiger partial charge < -0.3 is 14.2 Å². The first-order chi connectivity index (χ1) is 11.3. The van der Waals surface area contributed by atoms with Gasteiger partial charge in [-0.05, 0) is 29.6 Å². The summed E-state index contributed by atoms with van der Waals surface area (Å²) in [5.41, 5.74) is 1.91. The Bertz CT molecular complexity index is 820. The number of ether oxygens (including phenoxy) is 1. The summed E-state index contributed by atoms with van der Waals surface area (Å²) < 4.78 is 7.35. The van der Waals surface area contributed by atoms with Crippen molar-refractivity contribution >= 4 is 28.3 Å². The molecule has 0 spiro atoms. The highest BCUT2D eigenvalue weighted by Gasteiger charge is 2.20. The second-order valence-corrected chi connectivity index (χ2v) is 6.45. The van der Waals surface area contributed by atoms with Crippen LogP contribution in [0, 0.1) is 0 Å². The number of pyridine rings is 1. The molecule has 0 atom stereocenters.